The Hall–Kier alpha value is -3.74. The van der Waals surface area contributed by atoms with Gasteiger partial charge in [0, 0.05) is 31.0 Å². The molecule has 1 aliphatic rings. The van der Waals surface area contributed by atoms with Gasteiger partial charge in [0.25, 0.3) is 5.91 Å². The lowest BCUT2D eigenvalue weighted by Gasteiger charge is -2.22. The highest BCUT2D eigenvalue weighted by Gasteiger charge is 2.40. The molecule has 8 nitrogen and oxygen atoms in total. The van der Waals surface area contributed by atoms with E-state index >= 15 is 4.39 Å². The number of aromatic nitrogens is 3. The van der Waals surface area contributed by atoms with Crippen LogP contribution in [-0.2, 0) is 6.18 Å². The van der Waals surface area contributed by atoms with Crippen LogP contribution in [0.25, 0.3) is 16.9 Å². The first kappa shape index (κ1) is 25.4. The van der Waals surface area contributed by atoms with Gasteiger partial charge in [0.05, 0.1) is 17.4 Å². The normalized spacial score (nSPS) is 17.1. The minimum absolute atomic E-state index is 0.195. The van der Waals surface area contributed by atoms with E-state index in [0.717, 1.165) is 11.6 Å². The average Bonchev–Trinajstić information content (AvgIpc) is 3.32. The van der Waals surface area contributed by atoms with Gasteiger partial charge in [-0.2, -0.15) is 18.3 Å². The van der Waals surface area contributed by atoms with Crippen molar-refractivity contribution in [1.82, 2.24) is 25.4 Å². The number of amides is 1. The van der Waals surface area contributed by atoms with E-state index in [2.05, 4.69) is 20.7 Å². The molecule has 0 unspecified atom stereocenters. The molecule has 0 saturated heterocycles. The summed E-state index contributed by atoms with van der Waals surface area (Å²) < 4.78 is 79.6. The Balaban J connectivity index is 2.09. The van der Waals surface area contributed by atoms with Crippen molar-refractivity contribution in [3.05, 3.63) is 52.9 Å². The highest BCUT2D eigenvalue weighted by atomic mass is 19.4. The van der Waals surface area contributed by atoms with Crippen molar-refractivity contribution < 1.29 is 31.5 Å². The van der Waals surface area contributed by atoms with Gasteiger partial charge in [-0.05, 0) is 44.5 Å². The first-order chi connectivity index (χ1) is 17.0. The number of nitrogens with two attached hydrogens (primary N) is 1. The van der Waals surface area contributed by atoms with Crippen molar-refractivity contribution in [2.75, 3.05) is 25.4 Å². The number of hydrogen-bond acceptors (Lipinski definition) is 6. The molecule has 1 aliphatic heterocycles. The number of nitrogen functional groups attached to an aromatic ring is 1. The molecule has 192 valence electrons. The standard InChI is InChI=1S/C23H23F5N6O2/c1-11-4-6-30-7-8-31-21(35)15-20(34-9-3-5-32-34)18(25)19(33-22(15)36-11)13-10-14(29)17(24)12(2)16(13)23(26,27)28/h3,5,9-11,30H,4,6-8,29H2,1-2H3,(H,31,35)/t11-/m0/s1. The van der Waals surface area contributed by atoms with Crippen molar-refractivity contribution in [2.45, 2.75) is 32.5 Å². The molecule has 2 aromatic heterocycles. The monoisotopic (exact) mass is 510 g/mol. The number of carbonyl (C=O) groups is 1. The van der Waals surface area contributed by atoms with E-state index in [1.165, 1.54) is 18.5 Å². The molecule has 36 heavy (non-hydrogen) atoms. The van der Waals surface area contributed by atoms with E-state index in [1.807, 2.05) is 0 Å². The SMILES string of the molecule is Cc1c(F)c(N)cc(-c2nc3c(c(-n4cccn4)c2F)C(=O)NCCNCC[C@H](C)O3)c1C(F)(F)F. The second-order valence-electron chi connectivity index (χ2n) is 8.30. The number of carbonyl (C=O) groups excluding carboxylic acids is 1. The van der Waals surface area contributed by atoms with Crippen molar-refractivity contribution >= 4 is 11.6 Å². The summed E-state index contributed by atoms with van der Waals surface area (Å²) in [6.45, 7) is 3.73. The molecule has 3 heterocycles. The van der Waals surface area contributed by atoms with Gasteiger partial charge in [-0.1, -0.05) is 0 Å². The molecule has 1 aromatic carbocycles. The summed E-state index contributed by atoms with van der Waals surface area (Å²) in [7, 11) is 0. The van der Waals surface area contributed by atoms with Crippen LogP contribution in [-0.4, -0.2) is 46.4 Å². The maximum atomic E-state index is 16.1. The number of halogens is 5. The third-order valence-electron chi connectivity index (χ3n) is 5.73. The molecule has 0 radical (unpaired) electrons. The van der Waals surface area contributed by atoms with Gasteiger partial charge >= 0.3 is 6.18 Å². The van der Waals surface area contributed by atoms with Crippen molar-refractivity contribution in [3.63, 3.8) is 0 Å². The lowest BCUT2D eigenvalue weighted by molar-refractivity contribution is -0.137. The molecule has 3 aromatic rings. The highest BCUT2D eigenvalue weighted by molar-refractivity contribution is 6.01. The number of hydrogen-bond donors (Lipinski definition) is 3. The quantitative estimate of drug-likeness (QED) is 0.359. The minimum Gasteiger partial charge on any atom is -0.474 e. The fourth-order valence-corrected chi connectivity index (χ4v) is 4.02. The van der Waals surface area contributed by atoms with Crippen molar-refractivity contribution in [1.29, 1.82) is 0 Å². The van der Waals surface area contributed by atoms with Gasteiger partial charge in [-0.25, -0.2) is 18.4 Å². The molecule has 4 N–H and O–H groups in total. The topological polar surface area (TPSA) is 107 Å². The van der Waals surface area contributed by atoms with Crippen LogP contribution in [0.4, 0.5) is 27.6 Å². The van der Waals surface area contributed by atoms with Crippen LogP contribution >= 0.6 is 0 Å². The van der Waals surface area contributed by atoms with E-state index in [1.54, 1.807) is 6.92 Å². The average molecular weight is 510 g/mol. The van der Waals surface area contributed by atoms with E-state index < -0.39 is 69.5 Å². The summed E-state index contributed by atoms with van der Waals surface area (Å²) >= 11 is 0. The first-order valence-corrected chi connectivity index (χ1v) is 11.1. The van der Waals surface area contributed by atoms with Gasteiger partial charge in [-0.15, -0.1) is 0 Å². The van der Waals surface area contributed by atoms with E-state index in [4.69, 9.17) is 10.5 Å². The van der Waals surface area contributed by atoms with E-state index in [-0.39, 0.29) is 12.1 Å². The summed E-state index contributed by atoms with van der Waals surface area (Å²) in [6.07, 6.45) is -2.51. The number of pyridine rings is 1. The third kappa shape index (κ3) is 4.70. The van der Waals surface area contributed by atoms with Crippen LogP contribution in [0.1, 0.15) is 34.8 Å². The lowest BCUT2D eigenvalue weighted by atomic mass is 9.95. The van der Waals surface area contributed by atoms with E-state index in [0.29, 0.717) is 25.6 Å². The number of benzene rings is 1. The van der Waals surface area contributed by atoms with Gasteiger partial charge in [0.1, 0.15) is 22.8 Å². The zero-order valence-electron chi connectivity index (χ0n) is 19.3. The molecule has 0 saturated carbocycles. The fraction of sp³-hybridized carbons (Fsp3) is 0.348. The largest absolute Gasteiger partial charge is 0.474 e. The Morgan fingerprint density at radius 2 is 1.94 bits per heavy atom. The Bertz CT molecular complexity index is 1290. The van der Waals surface area contributed by atoms with E-state index in [9.17, 15) is 22.4 Å². The summed E-state index contributed by atoms with van der Waals surface area (Å²) in [5, 5.41) is 9.71. The molecule has 0 aliphatic carbocycles. The summed E-state index contributed by atoms with van der Waals surface area (Å²) in [5.74, 6) is -3.70. The Labute approximate surface area is 202 Å². The van der Waals surface area contributed by atoms with Crippen LogP contribution in [0.5, 0.6) is 5.88 Å². The predicted molar refractivity (Wildman–Crippen MR) is 121 cm³/mol. The van der Waals surface area contributed by atoms with Crippen LogP contribution in [0, 0.1) is 18.6 Å². The number of rotatable bonds is 2. The third-order valence-corrected chi connectivity index (χ3v) is 5.73. The number of anilines is 1. The fourth-order valence-electron chi connectivity index (χ4n) is 4.02. The summed E-state index contributed by atoms with van der Waals surface area (Å²) in [5.41, 5.74) is 0.347. The maximum Gasteiger partial charge on any atom is 0.417 e. The number of nitrogens with zero attached hydrogens (tertiary/aromatic N) is 3. The number of alkyl halides is 3. The second kappa shape index (κ2) is 9.72. The minimum atomic E-state index is -5.07. The van der Waals surface area contributed by atoms with Gasteiger partial charge in [0.15, 0.2) is 5.82 Å². The van der Waals surface area contributed by atoms with Gasteiger partial charge in [0.2, 0.25) is 5.88 Å². The molecule has 0 fully saturated rings. The van der Waals surface area contributed by atoms with Crippen LogP contribution in [0.2, 0.25) is 0 Å². The number of nitrogens with one attached hydrogen (secondary N) is 2. The predicted octanol–water partition coefficient (Wildman–Crippen LogP) is 3.61. The van der Waals surface area contributed by atoms with Crippen LogP contribution in [0.3, 0.4) is 0 Å². The zero-order chi connectivity index (χ0) is 26.2. The maximum absolute atomic E-state index is 16.1. The lowest BCUT2D eigenvalue weighted by Crippen LogP contribution is -2.33. The smallest absolute Gasteiger partial charge is 0.417 e. The Morgan fingerprint density at radius 1 is 1.19 bits per heavy atom. The first-order valence-electron chi connectivity index (χ1n) is 11.1. The number of ether oxygens (including phenoxy) is 1. The molecule has 1 amide bonds. The van der Waals surface area contributed by atoms with Gasteiger partial charge < -0.3 is 21.1 Å². The molecule has 1 atom stereocenters. The van der Waals surface area contributed by atoms with Crippen LogP contribution < -0.4 is 21.1 Å². The Morgan fingerprint density at radius 3 is 2.61 bits per heavy atom. The highest BCUT2D eigenvalue weighted by Crippen LogP contribution is 2.44. The molecule has 13 heteroatoms. The molecule has 0 bridgehead atoms. The molecular formula is C23H23F5N6O2. The number of fused-ring (bicyclic) bond motifs is 1. The summed E-state index contributed by atoms with van der Waals surface area (Å²) in [4.78, 5) is 17.2. The Kier molecular flexibility index (Phi) is 6.85. The second-order valence-corrected chi connectivity index (χ2v) is 8.30. The summed E-state index contributed by atoms with van der Waals surface area (Å²) in [6, 6.07) is 2.12. The van der Waals surface area contributed by atoms with Crippen molar-refractivity contribution in [2.24, 2.45) is 0 Å². The van der Waals surface area contributed by atoms with Gasteiger partial charge in [-0.3, -0.25) is 4.79 Å². The molecule has 4 rings (SSSR count). The van der Waals surface area contributed by atoms with Crippen LogP contribution in [0.15, 0.2) is 24.5 Å². The molecular weight excluding hydrogens is 487 g/mol. The zero-order valence-corrected chi connectivity index (χ0v) is 19.3. The molecule has 0 spiro atoms. The van der Waals surface area contributed by atoms with Crippen molar-refractivity contribution in [3.8, 4) is 22.8 Å².